The van der Waals surface area contributed by atoms with Gasteiger partial charge >= 0.3 is 0 Å². The first-order valence-electron chi connectivity index (χ1n) is 8.41. The molecule has 1 aliphatic heterocycles. The highest BCUT2D eigenvalue weighted by atomic mass is 15.2. The quantitative estimate of drug-likeness (QED) is 0.895. The zero-order valence-electron chi connectivity index (χ0n) is 14.4. The van der Waals surface area contributed by atoms with Crippen LogP contribution < -0.4 is 5.32 Å². The molecule has 2 rings (SSSR count). The number of nitrogens with one attached hydrogen (secondary N) is 1. The van der Waals surface area contributed by atoms with Crippen molar-refractivity contribution < 1.29 is 0 Å². The Labute approximate surface area is 130 Å². The molecule has 1 aromatic rings. The number of benzene rings is 1. The van der Waals surface area contributed by atoms with E-state index in [9.17, 15) is 0 Å². The molecule has 0 saturated carbocycles. The molecule has 0 aromatic heterocycles. The van der Waals surface area contributed by atoms with Gasteiger partial charge in [0.25, 0.3) is 0 Å². The lowest BCUT2D eigenvalue weighted by Crippen LogP contribution is -2.42. The summed E-state index contributed by atoms with van der Waals surface area (Å²) in [5.74, 6) is 0. The third-order valence-corrected chi connectivity index (χ3v) is 5.18. The molecule has 2 nitrogen and oxygen atoms in total. The van der Waals surface area contributed by atoms with Gasteiger partial charge in [-0.05, 0) is 64.2 Å². The van der Waals surface area contributed by atoms with Crippen molar-refractivity contribution in [1.29, 1.82) is 0 Å². The van der Waals surface area contributed by atoms with E-state index in [-0.39, 0.29) is 0 Å². The normalized spacial score (nSPS) is 22.5. The minimum atomic E-state index is 0.409. The second-order valence-electron chi connectivity index (χ2n) is 7.47. The maximum Gasteiger partial charge on any atom is 0.0473 e. The van der Waals surface area contributed by atoms with Gasteiger partial charge in [0.05, 0.1) is 0 Å². The van der Waals surface area contributed by atoms with Crippen LogP contribution in [0.1, 0.15) is 57.2 Å². The Bertz CT molecular complexity index is 435. The molecule has 1 heterocycles. The highest BCUT2D eigenvalue weighted by Crippen LogP contribution is 2.32. The van der Waals surface area contributed by atoms with Crippen molar-refractivity contribution in [1.82, 2.24) is 10.2 Å². The fraction of sp³-hybridized carbons (Fsp3) is 0.684. The van der Waals surface area contributed by atoms with E-state index in [2.05, 4.69) is 69.2 Å². The molecule has 0 aliphatic carbocycles. The zero-order chi connectivity index (χ0) is 15.5. The van der Waals surface area contributed by atoms with Gasteiger partial charge < -0.3 is 5.32 Å². The van der Waals surface area contributed by atoms with Crippen LogP contribution in [-0.4, -0.2) is 31.1 Å². The van der Waals surface area contributed by atoms with E-state index in [0.717, 1.165) is 0 Å². The number of rotatable bonds is 4. The minimum absolute atomic E-state index is 0.409. The summed E-state index contributed by atoms with van der Waals surface area (Å²) < 4.78 is 0. The van der Waals surface area contributed by atoms with Gasteiger partial charge in [-0.3, -0.25) is 4.90 Å². The summed E-state index contributed by atoms with van der Waals surface area (Å²) in [4.78, 5) is 2.68. The maximum atomic E-state index is 3.53. The molecule has 1 aliphatic rings. The molecule has 2 unspecified atom stereocenters. The fourth-order valence-corrected chi connectivity index (χ4v) is 3.52. The van der Waals surface area contributed by atoms with Crippen molar-refractivity contribution in [3.8, 4) is 0 Å². The van der Waals surface area contributed by atoms with Crippen molar-refractivity contribution >= 4 is 0 Å². The van der Waals surface area contributed by atoms with Gasteiger partial charge in [0.2, 0.25) is 0 Å². The van der Waals surface area contributed by atoms with Crippen LogP contribution in [0.15, 0.2) is 24.3 Å². The first kappa shape index (κ1) is 16.5. The number of hydrogen-bond acceptors (Lipinski definition) is 2. The Balaban J connectivity index is 2.09. The Kier molecular flexibility index (Phi) is 5.45. The Morgan fingerprint density at radius 3 is 2.38 bits per heavy atom. The Morgan fingerprint density at radius 1 is 1.10 bits per heavy atom. The molecule has 2 heteroatoms. The van der Waals surface area contributed by atoms with Gasteiger partial charge in [0.15, 0.2) is 0 Å². The third-order valence-electron chi connectivity index (χ3n) is 5.18. The van der Waals surface area contributed by atoms with E-state index in [1.807, 2.05) is 0 Å². The van der Waals surface area contributed by atoms with Crippen molar-refractivity contribution in [3.63, 3.8) is 0 Å². The van der Waals surface area contributed by atoms with Crippen LogP contribution in [0.3, 0.4) is 0 Å². The number of likely N-dealkylation sites (N-methyl/N-ethyl adjacent to an activating group) is 1. The summed E-state index contributed by atoms with van der Waals surface area (Å²) in [6, 6.07) is 9.93. The summed E-state index contributed by atoms with van der Waals surface area (Å²) >= 11 is 0. The molecule has 0 spiro atoms. The SMILES string of the molecule is CNC(c1ccc(C)cc1)C(C)N1CCCC(C)(C)CC1. The van der Waals surface area contributed by atoms with E-state index in [1.165, 1.54) is 43.5 Å². The van der Waals surface area contributed by atoms with Crippen LogP contribution in [0.4, 0.5) is 0 Å². The first-order chi connectivity index (χ1) is 9.93. The molecule has 0 bridgehead atoms. The van der Waals surface area contributed by atoms with Crippen molar-refractivity contribution in [3.05, 3.63) is 35.4 Å². The standard InChI is InChI=1S/C19H32N2/c1-15-7-9-17(10-8-15)18(20-5)16(2)21-13-6-11-19(3,4)12-14-21/h7-10,16,18,20H,6,11-14H2,1-5H3. The van der Waals surface area contributed by atoms with E-state index in [1.54, 1.807) is 0 Å². The van der Waals surface area contributed by atoms with Gasteiger partial charge in [-0.2, -0.15) is 0 Å². The molecule has 21 heavy (non-hydrogen) atoms. The van der Waals surface area contributed by atoms with E-state index >= 15 is 0 Å². The van der Waals surface area contributed by atoms with Crippen molar-refractivity contribution in [2.75, 3.05) is 20.1 Å². The first-order valence-corrected chi connectivity index (χ1v) is 8.41. The summed E-state index contributed by atoms with van der Waals surface area (Å²) in [6.07, 6.45) is 3.98. The molecule has 2 atom stereocenters. The molecular formula is C19H32N2. The van der Waals surface area contributed by atoms with Gasteiger partial charge in [-0.15, -0.1) is 0 Å². The average Bonchev–Trinajstić information content (AvgIpc) is 2.62. The summed E-state index contributed by atoms with van der Waals surface area (Å²) in [5, 5.41) is 3.53. The number of likely N-dealkylation sites (tertiary alicyclic amines) is 1. The summed E-state index contributed by atoms with van der Waals surface area (Å²) in [7, 11) is 2.09. The number of aryl methyl sites for hydroxylation is 1. The van der Waals surface area contributed by atoms with Gasteiger partial charge in [-0.1, -0.05) is 43.7 Å². The highest BCUT2D eigenvalue weighted by molar-refractivity contribution is 5.25. The van der Waals surface area contributed by atoms with Crippen LogP contribution in [0, 0.1) is 12.3 Å². The molecule has 118 valence electrons. The summed E-state index contributed by atoms with van der Waals surface area (Å²) in [5.41, 5.74) is 3.24. The molecule has 1 aromatic carbocycles. The van der Waals surface area contributed by atoms with E-state index in [4.69, 9.17) is 0 Å². The molecule has 1 N–H and O–H groups in total. The van der Waals surface area contributed by atoms with Gasteiger partial charge in [-0.25, -0.2) is 0 Å². The molecule has 1 saturated heterocycles. The lowest BCUT2D eigenvalue weighted by atomic mass is 9.85. The molecule has 0 radical (unpaired) electrons. The minimum Gasteiger partial charge on any atom is -0.312 e. The monoisotopic (exact) mass is 288 g/mol. The smallest absolute Gasteiger partial charge is 0.0473 e. The molecule has 1 fully saturated rings. The van der Waals surface area contributed by atoms with Crippen molar-refractivity contribution in [2.24, 2.45) is 5.41 Å². The number of nitrogens with zero attached hydrogens (tertiary/aromatic N) is 1. The average molecular weight is 288 g/mol. The third kappa shape index (κ3) is 4.31. The lowest BCUT2D eigenvalue weighted by molar-refractivity contribution is 0.172. The topological polar surface area (TPSA) is 15.3 Å². The maximum absolute atomic E-state index is 3.53. The van der Waals surface area contributed by atoms with Crippen LogP contribution in [0.5, 0.6) is 0 Å². The molecule has 0 amide bonds. The van der Waals surface area contributed by atoms with Crippen LogP contribution in [-0.2, 0) is 0 Å². The predicted molar refractivity (Wildman–Crippen MR) is 91.6 cm³/mol. The lowest BCUT2D eigenvalue weighted by Gasteiger charge is -2.34. The van der Waals surface area contributed by atoms with Crippen LogP contribution in [0.2, 0.25) is 0 Å². The molecular weight excluding hydrogens is 256 g/mol. The highest BCUT2D eigenvalue weighted by Gasteiger charge is 2.28. The largest absolute Gasteiger partial charge is 0.312 e. The Morgan fingerprint density at radius 2 is 1.76 bits per heavy atom. The van der Waals surface area contributed by atoms with Gasteiger partial charge in [0.1, 0.15) is 0 Å². The van der Waals surface area contributed by atoms with Crippen molar-refractivity contribution in [2.45, 2.75) is 59.0 Å². The van der Waals surface area contributed by atoms with Crippen LogP contribution >= 0.6 is 0 Å². The Hall–Kier alpha value is -0.860. The zero-order valence-corrected chi connectivity index (χ0v) is 14.4. The fourth-order valence-electron chi connectivity index (χ4n) is 3.52. The summed E-state index contributed by atoms with van der Waals surface area (Å²) in [6.45, 7) is 11.8. The second-order valence-corrected chi connectivity index (χ2v) is 7.47. The van der Waals surface area contributed by atoms with Crippen LogP contribution in [0.25, 0.3) is 0 Å². The van der Waals surface area contributed by atoms with E-state index < -0.39 is 0 Å². The second kappa shape index (κ2) is 6.93. The van der Waals surface area contributed by atoms with E-state index in [0.29, 0.717) is 17.5 Å². The predicted octanol–water partition coefficient (Wildman–Crippen LogP) is 4.16. The number of hydrogen-bond donors (Lipinski definition) is 1. The van der Waals surface area contributed by atoms with Gasteiger partial charge in [0, 0.05) is 12.1 Å².